The van der Waals surface area contributed by atoms with Gasteiger partial charge in [-0.25, -0.2) is 17.6 Å². The van der Waals surface area contributed by atoms with E-state index in [2.05, 4.69) is 9.97 Å². The molecule has 0 N–H and O–H groups in total. The van der Waals surface area contributed by atoms with Crippen molar-refractivity contribution < 1.29 is 35.1 Å². The molecule has 39 heavy (non-hydrogen) atoms. The van der Waals surface area contributed by atoms with Gasteiger partial charge >= 0.3 is 0 Å². The van der Waals surface area contributed by atoms with Crippen LogP contribution in [0, 0.1) is 47.1 Å². The summed E-state index contributed by atoms with van der Waals surface area (Å²) in [5, 5.41) is -0.566. The number of hydrogen-bond donors (Lipinski definition) is 0. The van der Waals surface area contributed by atoms with Crippen LogP contribution in [0.1, 0.15) is 22.3 Å². The first kappa shape index (κ1) is 26.5. The number of allylic oxidation sites excluding steroid dienone is 2. The smallest absolute Gasteiger partial charge is 0.201 e. The minimum absolute atomic E-state index is 0.00676. The Labute approximate surface area is 218 Å². The molecule has 0 saturated carbocycles. The Bertz CT molecular complexity index is 1520. The quantitative estimate of drug-likeness (QED) is 0.144. The summed E-state index contributed by atoms with van der Waals surface area (Å²) in [5.41, 5.74) is -1.70. The van der Waals surface area contributed by atoms with Crippen LogP contribution in [0.4, 0.5) is 35.1 Å². The van der Waals surface area contributed by atoms with Crippen molar-refractivity contribution in [2.75, 3.05) is 0 Å². The molecule has 198 valence electrons. The fourth-order valence-electron chi connectivity index (χ4n) is 5.07. The van der Waals surface area contributed by atoms with Crippen molar-refractivity contribution in [2.45, 2.75) is 13.1 Å². The first-order valence-electron chi connectivity index (χ1n) is 11.5. The van der Waals surface area contributed by atoms with E-state index in [1.807, 2.05) is 0 Å². The van der Waals surface area contributed by atoms with Gasteiger partial charge in [-0.3, -0.25) is 0 Å². The zero-order valence-corrected chi connectivity index (χ0v) is 21.2. The normalized spacial score (nSPS) is 14.9. The zero-order valence-electron chi connectivity index (χ0n) is 20.2. The molecular formula is C28H16F8N2Si. The van der Waals surface area contributed by atoms with Crippen LogP contribution in [0.25, 0.3) is 21.5 Å². The van der Waals surface area contributed by atoms with E-state index < -0.39 is 66.3 Å². The predicted molar refractivity (Wildman–Crippen MR) is 132 cm³/mol. The van der Waals surface area contributed by atoms with Crippen LogP contribution in [0.2, 0.25) is 13.1 Å². The van der Waals surface area contributed by atoms with Crippen molar-refractivity contribution in [1.82, 2.24) is 9.97 Å². The average molecular weight is 561 g/mol. The van der Waals surface area contributed by atoms with Crippen LogP contribution in [-0.4, -0.2) is 18.0 Å². The molecule has 2 aromatic heterocycles. The molecule has 1 aliphatic rings. The molecule has 11 heteroatoms. The summed E-state index contributed by atoms with van der Waals surface area (Å²) in [6.45, 7) is 2.81. The molecule has 2 nitrogen and oxygen atoms in total. The van der Waals surface area contributed by atoms with E-state index in [1.54, 1.807) is 36.4 Å². The van der Waals surface area contributed by atoms with Crippen LogP contribution < -0.4 is 0 Å². The van der Waals surface area contributed by atoms with Crippen molar-refractivity contribution in [1.29, 1.82) is 0 Å². The Hall–Kier alpha value is -4.12. The van der Waals surface area contributed by atoms with Gasteiger partial charge in [0.05, 0.1) is 11.1 Å². The second-order valence-electron chi connectivity index (χ2n) is 9.25. The Morgan fingerprint density at radius 3 is 1.03 bits per heavy atom. The number of nitrogens with zero attached hydrogens (tertiary/aromatic N) is 2. The van der Waals surface area contributed by atoms with E-state index in [-0.39, 0.29) is 32.7 Å². The van der Waals surface area contributed by atoms with E-state index in [4.69, 9.17) is 0 Å². The van der Waals surface area contributed by atoms with Gasteiger partial charge in [-0.2, -0.15) is 27.5 Å². The summed E-state index contributed by atoms with van der Waals surface area (Å²) in [5.74, 6) is -15.0. The van der Waals surface area contributed by atoms with Crippen LogP contribution in [0.5, 0.6) is 0 Å². The van der Waals surface area contributed by atoms with E-state index >= 15 is 17.6 Å². The lowest BCUT2D eigenvalue weighted by molar-refractivity contribution is 0.404. The number of rotatable bonds is 4. The van der Waals surface area contributed by atoms with Crippen molar-refractivity contribution in [2.24, 2.45) is 0 Å². The van der Waals surface area contributed by atoms with E-state index in [1.165, 1.54) is 37.4 Å². The molecule has 0 aliphatic carbocycles. The van der Waals surface area contributed by atoms with Crippen LogP contribution >= 0.6 is 0 Å². The van der Waals surface area contributed by atoms with Gasteiger partial charge in [0.25, 0.3) is 23.8 Å². The number of pyridine rings is 2. The third kappa shape index (κ3) is 4.08. The minimum Gasteiger partial charge on any atom is -0.201 e. The molecule has 0 bridgehead atoms. The van der Waals surface area contributed by atoms with Crippen LogP contribution in [0.3, 0.4) is 0 Å². The summed E-state index contributed by atoms with van der Waals surface area (Å²) in [6, 6.07) is 15.6. The number of aromatic nitrogens is 2. The van der Waals surface area contributed by atoms with Gasteiger partial charge in [0.15, 0.2) is 23.3 Å². The fraction of sp³-hybridized carbons (Fsp3) is 0.0714. The van der Waals surface area contributed by atoms with E-state index in [0.717, 1.165) is 0 Å². The third-order valence-corrected chi connectivity index (χ3v) is 10.1. The molecule has 0 unspecified atom stereocenters. The molecule has 5 rings (SSSR count). The van der Waals surface area contributed by atoms with Gasteiger partial charge in [-0.05, 0) is 32.7 Å². The maximum Gasteiger partial charge on any atom is 0.252 e. The van der Waals surface area contributed by atoms with Gasteiger partial charge in [0, 0.05) is 0 Å². The SMILES string of the molecule is C[Si]1(C)C(c2c(F)c(F)nc(F)c2F)=C(c2ccccc2)C(c2ccccc2)=C1c1c(F)c(F)nc(F)c1F. The lowest BCUT2D eigenvalue weighted by Crippen LogP contribution is -2.31. The summed E-state index contributed by atoms with van der Waals surface area (Å²) >= 11 is 0. The Morgan fingerprint density at radius 1 is 0.462 bits per heavy atom. The van der Waals surface area contributed by atoms with Gasteiger partial charge in [-0.15, -0.1) is 0 Å². The number of halogens is 8. The second-order valence-corrected chi connectivity index (χ2v) is 13.5. The van der Waals surface area contributed by atoms with Gasteiger partial charge < -0.3 is 0 Å². The molecule has 2 aromatic carbocycles. The van der Waals surface area contributed by atoms with Crippen LogP contribution in [-0.2, 0) is 0 Å². The highest BCUT2D eigenvalue weighted by Gasteiger charge is 2.48. The molecule has 0 fully saturated rings. The van der Waals surface area contributed by atoms with Crippen LogP contribution in [0.15, 0.2) is 60.7 Å². The molecule has 1 aliphatic heterocycles. The van der Waals surface area contributed by atoms with E-state index in [0.29, 0.717) is 0 Å². The number of hydrogen-bond acceptors (Lipinski definition) is 2. The summed E-state index contributed by atoms with van der Waals surface area (Å²) < 4.78 is 119. The van der Waals surface area contributed by atoms with Crippen molar-refractivity contribution in [3.8, 4) is 0 Å². The monoisotopic (exact) mass is 560 g/mol. The molecule has 0 saturated heterocycles. The Balaban J connectivity index is 2.05. The second kappa shape index (κ2) is 9.56. The van der Waals surface area contributed by atoms with Crippen molar-refractivity contribution in [3.05, 3.63) is 130 Å². The lowest BCUT2D eigenvalue weighted by Gasteiger charge is -2.27. The Kier molecular flexibility index (Phi) is 6.49. The molecule has 0 atom stereocenters. The zero-order chi connectivity index (χ0) is 28.2. The van der Waals surface area contributed by atoms with Gasteiger partial charge in [-0.1, -0.05) is 73.8 Å². The molecule has 3 heterocycles. The molecule has 0 amide bonds. The molecule has 0 spiro atoms. The highest BCUT2D eigenvalue weighted by Crippen LogP contribution is 2.57. The highest BCUT2D eigenvalue weighted by molar-refractivity contribution is 7.13. The Morgan fingerprint density at radius 2 is 0.744 bits per heavy atom. The van der Waals surface area contributed by atoms with Gasteiger partial charge in [0.2, 0.25) is 0 Å². The van der Waals surface area contributed by atoms with E-state index in [9.17, 15) is 17.6 Å². The third-order valence-electron chi connectivity index (χ3n) is 6.62. The molecule has 4 aromatic rings. The van der Waals surface area contributed by atoms with Crippen molar-refractivity contribution in [3.63, 3.8) is 0 Å². The fourth-order valence-corrected chi connectivity index (χ4v) is 8.80. The standard InChI is InChI=1S/C28H16F8N2Si/c1-39(2)23(17-19(29)25(33)37-26(34)20(17)30)15(13-9-5-3-6-10-13)16(14-11-7-4-8-12-14)24(39)18-21(31)27(35)38-28(36)22(18)32/h3-12H,1-2H3. The largest absolute Gasteiger partial charge is 0.252 e. The maximum absolute atomic E-state index is 15.3. The summed E-state index contributed by atoms with van der Waals surface area (Å²) in [6.07, 6.45) is 0. The first-order chi connectivity index (χ1) is 18.5. The highest BCUT2D eigenvalue weighted by atomic mass is 28.3. The first-order valence-corrected chi connectivity index (χ1v) is 14.5. The predicted octanol–water partition coefficient (Wildman–Crippen LogP) is 7.91. The summed E-state index contributed by atoms with van der Waals surface area (Å²) in [4.78, 5) is 5.25. The lowest BCUT2D eigenvalue weighted by atomic mass is 9.89. The maximum atomic E-state index is 15.3. The molecule has 0 radical (unpaired) electrons. The minimum atomic E-state index is -3.91. The average Bonchev–Trinajstić information content (AvgIpc) is 3.15. The molecular weight excluding hydrogens is 544 g/mol. The number of benzene rings is 2. The topological polar surface area (TPSA) is 25.8 Å². The summed E-state index contributed by atoms with van der Waals surface area (Å²) in [7, 11) is -3.91. The van der Waals surface area contributed by atoms with Crippen molar-refractivity contribution >= 4 is 29.6 Å². The van der Waals surface area contributed by atoms with Gasteiger partial charge in [0.1, 0.15) is 8.07 Å².